The van der Waals surface area contributed by atoms with Gasteiger partial charge in [0.1, 0.15) is 5.75 Å². The van der Waals surface area contributed by atoms with Gasteiger partial charge in [-0.1, -0.05) is 72.0 Å². The predicted molar refractivity (Wildman–Crippen MR) is 88.1 cm³/mol. The molecule has 0 amide bonds. The highest BCUT2D eigenvalue weighted by molar-refractivity contribution is 8.08. The zero-order chi connectivity index (χ0) is 14.6. The molecule has 0 aliphatic heterocycles. The van der Waals surface area contributed by atoms with Gasteiger partial charge in [0.15, 0.2) is 0 Å². The van der Waals surface area contributed by atoms with E-state index in [4.69, 9.17) is 0 Å². The van der Waals surface area contributed by atoms with Gasteiger partial charge in [-0.05, 0) is 22.0 Å². The van der Waals surface area contributed by atoms with E-state index in [0.717, 1.165) is 11.1 Å². The standard InChI is InChI=1S/C14H22O.CH2S2/c1-13(2,3)10-8-7-9-11(12(10)15)14(4,5)6;2-1-3/h7-9,15H,1-6H3;1H,(H,2,3). The van der Waals surface area contributed by atoms with Crippen LogP contribution in [0.3, 0.4) is 0 Å². The minimum absolute atomic E-state index is 0.00859. The molecule has 1 N–H and O–H groups in total. The van der Waals surface area contributed by atoms with E-state index in [2.05, 4.69) is 66.4 Å². The Morgan fingerprint density at radius 2 is 1.28 bits per heavy atom. The summed E-state index contributed by atoms with van der Waals surface area (Å²) < 4.78 is 1.28. The fraction of sp³-hybridized carbons (Fsp3) is 0.533. The first-order valence-electron chi connectivity index (χ1n) is 5.96. The highest BCUT2D eigenvalue weighted by Gasteiger charge is 2.24. The average molecular weight is 284 g/mol. The van der Waals surface area contributed by atoms with Crippen molar-refractivity contribution in [2.75, 3.05) is 0 Å². The van der Waals surface area contributed by atoms with Crippen LogP contribution in [0.25, 0.3) is 0 Å². The molecule has 0 saturated heterocycles. The van der Waals surface area contributed by atoms with Crippen molar-refractivity contribution in [2.24, 2.45) is 0 Å². The van der Waals surface area contributed by atoms with E-state index in [0.29, 0.717) is 5.75 Å². The third kappa shape index (κ3) is 4.99. The zero-order valence-corrected chi connectivity index (χ0v) is 13.8. The molecule has 0 radical (unpaired) electrons. The van der Waals surface area contributed by atoms with Crippen LogP contribution in [-0.2, 0) is 10.8 Å². The van der Waals surface area contributed by atoms with Crippen molar-refractivity contribution in [3.8, 4) is 5.75 Å². The van der Waals surface area contributed by atoms with Crippen molar-refractivity contribution in [3.63, 3.8) is 0 Å². The van der Waals surface area contributed by atoms with Crippen molar-refractivity contribution >= 4 is 29.5 Å². The molecule has 1 rings (SSSR count). The van der Waals surface area contributed by atoms with Crippen LogP contribution < -0.4 is 0 Å². The molecule has 0 spiro atoms. The van der Waals surface area contributed by atoms with Gasteiger partial charge < -0.3 is 5.11 Å². The lowest BCUT2D eigenvalue weighted by Gasteiger charge is -2.26. The summed E-state index contributed by atoms with van der Waals surface area (Å²) in [7, 11) is 0. The van der Waals surface area contributed by atoms with Gasteiger partial charge >= 0.3 is 0 Å². The quantitative estimate of drug-likeness (QED) is 0.524. The van der Waals surface area contributed by atoms with Gasteiger partial charge in [-0.2, -0.15) is 0 Å². The summed E-state index contributed by atoms with van der Waals surface area (Å²) in [5.41, 5.74) is 2.03. The third-order valence-corrected chi connectivity index (χ3v) is 2.65. The van der Waals surface area contributed by atoms with Crippen LogP contribution in [0, 0.1) is 0 Å². The van der Waals surface area contributed by atoms with E-state index >= 15 is 0 Å². The molecule has 3 heteroatoms. The Labute approximate surface area is 122 Å². The summed E-state index contributed by atoms with van der Waals surface area (Å²) in [5.74, 6) is 0.456. The Kier molecular flexibility index (Phi) is 6.38. The summed E-state index contributed by atoms with van der Waals surface area (Å²) >= 11 is 7.61. The van der Waals surface area contributed by atoms with Crippen LogP contribution in [-0.4, -0.2) is 9.81 Å². The normalized spacial score (nSPS) is 11.5. The topological polar surface area (TPSA) is 20.2 Å². The second kappa shape index (κ2) is 6.58. The minimum Gasteiger partial charge on any atom is -0.507 e. The molecule has 0 fully saturated rings. The smallest absolute Gasteiger partial charge is 0.123 e. The van der Waals surface area contributed by atoms with Crippen LogP contribution in [0.15, 0.2) is 18.2 Å². The molecule has 0 aliphatic rings. The largest absolute Gasteiger partial charge is 0.507 e. The molecule has 0 aromatic heterocycles. The summed E-state index contributed by atoms with van der Waals surface area (Å²) in [4.78, 5) is 0. The van der Waals surface area contributed by atoms with Crippen LogP contribution in [0.2, 0.25) is 0 Å². The number of phenols is 1. The Morgan fingerprint density at radius 1 is 1.00 bits per heavy atom. The predicted octanol–water partition coefficient (Wildman–Crippen LogP) is 4.86. The molecule has 0 bridgehead atoms. The van der Waals surface area contributed by atoms with E-state index < -0.39 is 0 Å². The van der Waals surface area contributed by atoms with Crippen LogP contribution in [0.5, 0.6) is 5.75 Å². The van der Waals surface area contributed by atoms with E-state index in [-0.39, 0.29) is 10.8 Å². The van der Waals surface area contributed by atoms with Gasteiger partial charge in [0.2, 0.25) is 0 Å². The van der Waals surface area contributed by atoms with Gasteiger partial charge in [0.25, 0.3) is 0 Å². The molecule has 0 aliphatic carbocycles. The molecule has 18 heavy (non-hydrogen) atoms. The number of hydrogen-bond donors (Lipinski definition) is 2. The van der Waals surface area contributed by atoms with E-state index in [1.165, 1.54) is 4.70 Å². The number of para-hydroxylation sites is 1. The molecule has 0 unspecified atom stereocenters. The second-order valence-electron chi connectivity index (χ2n) is 6.31. The van der Waals surface area contributed by atoms with E-state index in [1.807, 2.05) is 18.2 Å². The number of rotatable bonds is 0. The van der Waals surface area contributed by atoms with Gasteiger partial charge in [-0.25, -0.2) is 0 Å². The Bertz CT molecular complexity index is 366. The summed E-state index contributed by atoms with van der Waals surface area (Å²) in [6, 6.07) is 6.04. The van der Waals surface area contributed by atoms with Crippen LogP contribution in [0.1, 0.15) is 52.7 Å². The first kappa shape index (κ1) is 17.5. The molecule has 1 aromatic rings. The summed E-state index contributed by atoms with van der Waals surface area (Å²) in [6.45, 7) is 12.7. The maximum atomic E-state index is 10.3. The first-order valence-corrected chi connectivity index (χ1v) is 6.95. The Balaban J connectivity index is 0.000000873. The van der Waals surface area contributed by atoms with Crippen molar-refractivity contribution in [2.45, 2.75) is 52.4 Å². The van der Waals surface area contributed by atoms with Gasteiger partial charge in [0, 0.05) is 4.70 Å². The lowest BCUT2D eigenvalue weighted by atomic mass is 9.80. The molecule has 102 valence electrons. The van der Waals surface area contributed by atoms with Crippen LogP contribution >= 0.6 is 24.8 Å². The number of thiol groups is 1. The molecule has 0 atom stereocenters. The fourth-order valence-corrected chi connectivity index (χ4v) is 1.75. The molecule has 1 aromatic carbocycles. The average Bonchev–Trinajstić information content (AvgIpc) is 2.15. The van der Waals surface area contributed by atoms with Gasteiger partial charge in [-0.3, -0.25) is 0 Å². The maximum Gasteiger partial charge on any atom is 0.123 e. The zero-order valence-electron chi connectivity index (χ0n) is 12.1. The number of hydrogen-bond acceptors (Lipinski definition) is 2. The van der Waals surface area contributed by atoms with Crippen molar-refractivity contribution < 1.29 is 5.11 Å². The molecular weight excluding hydrogens is 260 g/mol. The second-order valence-corrected chi connectivity index (χ2v) is 7.15. The molecule has 0 saturated carbocycles. The van der Waals surface area contributed by atoms with Crippen molar-refractivity contribution in [1.29, 1.82) is 0 Å². The number of phenolic OH excluding ortho intramolecular Hbond substituents is 1. The Hall–Kier alpha value is -0.540. The van der Waals surface area contributed by atoms with Gasteiger partial charge in [-0.15, -0.1) is 12.6 Å². The molecular formula is C15H24OS2. The Morgan fingerprint density at radius 3 is 1.50 bits per heavy atom. The first-order chi connectivity index (χ1) is 8.05. The number of benzene rings is 1. The third-order valence-electron chi connectivity index (χ3n) is 2.65. The fourth-order valence-electron chi connectivity index (χ4n) is 1.75. The maximum absolute atomic E-state index is 10.3. The molecule has 0 heterocycles. The minimum atomic E-state index is -0.00859. The van der Waals surface area contributed by atoms with Gasteiger partial charge in [0.05, 0.1) is 0 Å². The lowest BCUT2D eigenvalue weighted by Crippen LogP contribution is -2.16. The van der Waals surface area contributed by atoms with Crippen molar-refractivity contribution in [3.05, 3.63) is 29.3 Å². The SMILES string of the molecule is CC(C)(C)c1cccc(C(C)(C)C)c1O.S=CS. The van der Waals surface area contributed by atoms with Crippen LogP contribution in [0.4, 0.5) is 0 Å². The number of thiocarbonyl (C=S) groups is 1. The lowest BCUT2D eigenvalue weighted by molar-refractivity contribution is 0.423. The highest BCUT2D eigenvalue weighted by atomic mass is 32.1. The highest BCUT2D eigenvalue weighted by Crippen LogP contribution is 2.38. The number of aromatic hydroxyl groups is 1. The summed E-state index contributed by atoms with van der Waals surface area (Å²) in [6.07, 6.45) is 0. The van der Waals surface area contributed by atoms with E-state index in [9.17, 15) is 5.11 Å². The molecule has 1 nitrogen and oxygen atoms in total. The van der Waals surface area contributed by atoms with Crippen molar-refractivity contribution in [1.82, 2.24) is 0 Å². The van der Waals surface area contributed by atoms with E-state index in [1.54, 1.807) is 0 Å². The summed E-state index contributed by atoms with van der Waals surface area (Å²) in [5, 5.41) is 10.3. The monoisotopic (exact) mass is 284 g/mol.